The zero-order chi connectivity index (χ0) is 18.2. The van der Waals surface area contributed by atoms with Crippen LogP contribution in [-0.2, 0) is 13.1 Å². The molecule has 3 rings (SSSR count). The number of hydrogen-bond donors (Lipinski definition) is 0. The van der Waals surface area contributed by atoms with Crippen LogP contribution in [0.2, 0.25) is 0 Å². The number of hydrogen-bond acceptors (Lipinski definition) is 5. The first kappa shape index (κ1) is 17.6. The van der Waals surface area contributed by atoms with E-state index in [1.54, 1.807) is 12.4 Å². The molecule has 5 nitrogen and oxygen atoms in total. The topological polar surface area (TPSA) is 63.4 Å². The van der Waals surface area contributed by atoms with E-state index in [0.29, 0.717) is 13.1 Å². The van der Waals surface area contributed by atoms with E-state index < -0.39 is 0 Å². The maximum absolute atomic E-state index is 4.69. The number of pyridine rings is 3. The van der Waals surface area contributed by atoms with Crippen LogP contribution in [0.15, 0.2) is 77.0 Å². The average Bonchev–Trinajstić information content (AvgIpc) is 2.72. The fourth-order valence-corrected chi connectivity index (χ4v) is 2.38. The fraction of sp³-hybridized carbons (Fsp3) is 0.190. The maximum atomic E-state index is 4.69. The van der Waals surface area contributed by atoms with Gasteiger partial charge in [-0.25, -0.2) is 4.98 Å². The summed E-state index contributed by atoms with van der Waals surface area (Å²) < 4.78 is 0. The molecule has 0 saturated carbocycles. The van der Waals surface area contributed by atoms with Crippen LogP contribution < -0.4 is 0 Å². The molecule has 0 amide bonds. The SMILES string of the molecule is CC(=NCc1ccccn1)c1cccc(C(C)=NCc2ccccn2)n1. The highest BCUT2D eigenvalue weighted by molar-refractivity contribution is 6.00. The van der Waals surface area contributed by atoms with E-state index in [-0.39, 0.29) is 0 Å². The molecule has 3 heterocycles. The second-order valence-corrected chi connectivity index (χ2v) is 5.85. The Balaban J connectivity index is 1.72. The zero-order valence-corrected chi connectivity index (χ0v) is 15.0. The van der Waals surface area contributed by atoms with E-state index in [0.717, 1.165) is 34.2 Å². The van der Waals surface area contributed by atoms with Crippen molar-refractivity contribution >= 4 is 11.4 Å². The van der Waals surface area contributed by atoms with Crippen molar-refractivity contribution in [2.45, 2.75) is 26.9 Å². The number of nitrogens with zero attached hydrogens (tertiary/aromatic N) is 5. The van der Waals surface area contributed by atoms with Crippen LogP contribution in [0.5, 0.6) is 0 Å². The Labute approximate surface area is 153 Å². The summed E-state index contributed by atoms with van der Waals surface area (Å²) in [4.78, 5) is 22.5. The lowest BCUT2D eigenvalue weighted by molar-refractivity contribution is 0.982. The molecule has 0 unspecified atom stereocenters. The van der Waals surface area contributed by atoms with Gasteiger partial charge >= 0.3 is 0 Å². The van der Waals surface area contributed by atoms with Crippen LogP contribution in [0.4, 0.5) is 0 Å². The molecule has 3 aromatic rings. The maximum Gasteiger partial charge on any atom is 0.0845 e. The van der Waals surface area contributed by atoms with Gasteiger partial charge in [0.05, 0.1) is 47.3 Å². The first-order valence-electron chi connectivity index (χ1n) is 8.52. The van der Waals surface area contributed by atoms with Crippen molar-refractivity contribution < 1.29 is 0 Å². The number of aromatic nitrogens is 3. The third kappa shape index (κ3) is 4.89. The lowest BCUT2D eigenvalue weighted by atomic mass is 10.2. The summed E-state index contributed by atoms with van der Waals surface area (Å²) in [5.41, 5.74) is 5.36. The molecule has 26 heavy (non-hydrogen) atoms. The van der Waals surface area contributed by atoms with Gasteiger partial charge in [-0.2, -0.15) is 0 Å². The normalized spacial score (nSPS) is 12.2. The van der Waals surface area contributed by atoms with Crippen molar-refractivity contribution in [3.63, 3.8) is 0 Å². The van der Waals surface area contributed by atoms with Crippen LogP contribution in [0, 0.1) is 0 Å². The average molecular weight is 343 g/mol. The van der Waals surface area contributed by atoms with Crippen LogP contribution in [0.25, 0.3) is 0 Å². The van der Waals surface area contributed by atoms with Gasteiger partial charge in [0.25, 0.3) is 0 Å². The Bertz CT molecular complexity index is 829. The standard InChI is InChI=1S/C21H21N5/c1-16(24-14-18-8-3-5-12-22-18)20-10-7-11-21(26-20)17(2)25-15-19-9-4-6-13-23-19/h3-13H,14-15H2,1-2H3. The molecule has 0 radical (unpaired) electrons. The molecule has 0 N–H and O–H groups in total. The first-order chi connectivity index (χ1) is 12.7. The van der Waals surface area contributed by atoms with Gasteiger partial charge in [-0.3, -0.25) is 20.0 Å². The highest BCUT2D eigenvalue weighted by atomic mass is 14.9. The van der Waals surface area contributed by atoms with Crippen LogP contribution in [0.1, 0.15) is 36.6 Å². The molecular formula is C21H21N5. The highest BCUT2D eigenvalue weighted by Gasteiger charge is 2.04. The monoisotopic (exact) mass is 343 g/mol. The van der Waals surface area contributed by atoms with Crippen molar-refractivity contribution in [1.82, 2.24) is 15.0 Å². The molecular weight excluding hydrogens is 322 g/mol. The van der Waals surface area contributed by atoms with Gasteiger partial charge in [0.1, 0.15) is 0 Å². The van der Waals surface area contributed by atoms with E-state index in [2.05, 4.69) is 20.0 Å². The summed E-state index contributed by atoms with van der Waals surface area (Å²) in [6, 6.07) is 17.6. The van der Waals surface area contributed by atoms with Gasteiger partial charge in [-0.15, -0.1) is 0 Å². The Morgan fingerprint density at radius 3 is 1.62 bits per heavy atom. The largest absolute Gasteiger partial charge is 0.281 e. The first-order valence-corrected chi connectivity index (χ1v) is 8.52. The molecule has 0 aliphatic carbocycles. The molecule has 0 bridgehead atoms. The van der Waals surface area contributed by atoms with E-state index >= 15 is 0 Å². The van der Waals surface area contributed by atoms with Gasteiger partial charge in [0, 0.05) is 12.4 Å². The van der Waals surface area contributed by atoms with Crippen LogP contribution in [-0.4, -0.2) is 26.4 Å². The Hall–Kier alpha value is -3.21. The predicted octanol–water partition coefficient (Wildman–Crippen LogP) is 3.89. The molecule has 0 aliphatic heterocycles. The molecule has 0 atom stereocenters. The van der Waals surface area contributed by atoms with Crippen molar-refractivity contribution in [3.8, 4) is 0 Å². The predicted molar refractivity (Wildman–Crippen MR) is 105 cm³/mol. The second-order valence-electron chi connectivity index (χ2n) is 5.85. The fourth-order valence-electron chi connectivity index (χ4n) is 2.38. The summed E-state index contributed by atoms with van der Waals surface area (Å²) in [6.07, 6.45) is 3.56. The summed E-state index contributed by atoms with van der Waals surface area (Å²) in [5, 5.41) is 0. The number of rotatable bonds is 6. The third-order valence-corrected chi connectivity index (χ3v) is 3.90. The van der Waals surface area contributed by atoms with Crippen molar-refractivity contribution in [3.05, 3.63) is 89.8 Å². The summed E-state index contributed by atoms with van der Waals surface area (Å²) in [6.45, 7) is 5.03. The summed E-state index contributed by atoms with van der Waals surface area (Å²) in [5.74, 6) is 0. The molecule has 0 fully saturated rings. The minimum Gasteiger partial charge on any atom is -0.281 e. The molecule has 5 heteroatoms. The van der Waals surface area contributed by atoms with E-state index in [1.807, 2.05) is 68.4 Å². The Morgan fingerprint density at radius 1 is 0.692 bits per heavy atom. The summed E-state index contributed by atoms with van der Waals surface area (Å²) >= 11 is 0. The van der Waals surface area contributed by atoms with Crippen LogP contribution >= 0.6 is 0 Å². The molecule has 0 aliphatic rings. The van der Waals surface area contributed by atoms with E-state index in [9.17, 15) is 0 Å². The van der Waals surface area contributed by atoms with E-state index in [1.165, 1.54) is 0 Å². The highest BCUT2D eigenvalue weighted by Crippen LogP contribution is 2.06. The van der Waals surface area contributed by atoms with Gasteiger partial charge in [0.2, 0.25) is 0 Å². The quantitative estimate of drug-likeness (QED) is 0.638. The van der Waals surface area contributed by atoms with Crippen molar-refractivity contribution in [2.24, 2.45) is 9.98 Å². The zero-order valence-electron chi connectivity index (χ0n) is 15.0. The minimum atomic E-state index is 0.547. The Kier molecular flexibility index (Phi) is 5.93. The smallest absolute Gasteiger partial charge is 0.0845 e. The molecule has 0 saturated heterocycles. The molecule has 0 spiro atoms. The lowest BCUT2D eigenvalue weighted by Crippen LogP contribution is -2.06. The third-order valence-electron chi connectivity index (χ3n) is 3.90. The molecule has 130 valence electrons. The van der Waals surface area contributed by atoms with Gasteiger partial charge in [-0.1, -0.05) is 18.2 Å². The summed E-state index contributed by atoms with van der Waals surface area (Å²) in [7, 11) is 0. The van der Waals surface area contributed by atoms with Crippen molar-refractivity contribution in [2.75, 3.05) is 0 Å². The van der Waals surface area contributed by atoms with Gasteiger partial charge in [-0.05, 0) is 50.2 Å². The molecule has 0 aromatic carbocycles. The van der Waals surface area contributed by atoms with Crippen LogP contribution in [0.3, 0.4) is 0 Å². The number of aliphatic imine (C=N–C) groups is 2. The van der Waals surface area contributed by atoms with Gasteiger partial charge < -0.3 is 0 Å². The molecule has 3 aromatic heterocycles. The van der Waals surface area contributed by atoms with Gasteiger partial charge in [0.15, 0.2) is 0 Å². The second kappa shape index (κ2) is 8.76. The van der Waals surface area contributed by atoms with Crippen molar-refractivity contribution in [1.29, 1.82) is 0 Å². The lowest BCUT2D eigenvalue weighted by Gasteiger charge is -2.05. The minimum absolute atomic E-state index is 0.547. The Morgan fingerprint density at radius 2 is 1.19 bits per heavy atom. The van der Waals surface area contributed by atoms with E-state index in [4.69, 9.17) is 4.98 Å².